The molecule has 0 aliphatic carbocycles. The predicted octanol–water partition coefficient (Wildman–Crippen LogP) is 1.91. The van der Waals surface area contributed by atoms with Gasteiger partial charge in [0.2, 0.25) is 0 Å². The van der Waals surface area contributed by atoms with Crippen LogP contribution in [0, 0.1) is 5.82 Å². The molecule has 0 aliphatic rings. The summed E-state index contributed by atoms with van der Waals surface area (Å²) in [6.07, 6.45) is 1.39. The molecule has 1 aromatic carbocycles. The Labute approximate surface area is 107 Å². The molecule has 0 spiro atoms. The normalized spacial score (nSPS) is 10.4. The molecular formula is C11H9ClFN3O2. The maximum absolute atomic E-state index is 13.0. The lowest BCUT2D eigenvalue weighted by Crippen LogP contribution is -2.06. The second-order valence-electron chi connectivity index (χ2n) is 3.51. The number of carbonyl (C=O) groups excluding carboxylic acids is 1. The van der Waals surface area contributed by atoms with Gasteiger partial charge in [-0.1, -0.05) is 17.7 Å². The molecule has 0 unspecified atom stereocenters. The third-order valence-corrected chi connectivity index (χ3v) is 2.52. The predicted molar refractivity (Wildman–Crippen MR) is 61.9 cm³/mol. The first kappa shape index (κ1) is 12.5. The fourth-order valence-corrected chi connectivity index (χ4v) is 1.58. The summed E-state index contributed by atoms with van der Waals surface area (Å²) < 4.78 is 18.9. The number of aromatic nitrogens is 3. The molecule has 2 rings (SSSR count). The van der Waals surface area contributed by atoms with Crippen molar-refractivity contribution in [3.8, 4) is 0 Å². The summed E-state index contributed by atoms with van der Waals surface area (Å²) in [6, 6.07) is 4.35. The van der Waals surface area contributed by atoms with Crippen LogP contribution in [-0.4, -0.2) is 27.8 Å². The number of benzene rings is 1. The molecule has 0 saturated carbocycles. The van der Waals surface area contributed by atoms with Crippen LogP contribution >= 0.6 is 11.6 Å². The Balaban J connectivity index is 2.16. The number of esters is 1. The zero-order chi connectivity index (χ0) is 13.1. The van der Waals surface area contributed by atoms with E-state index in [0.717, 1.165) is 5.56 Å². The van der Waals surface area contributed by atoms with Gasteiger partial charge in [0.05, 0.1) is 18.7 Å². The van der Waals surface area contributed by atoms with Crippen LogP contribution in [-0.2, 0) is 11.3 Å². The lowest BCUT2D eigenvalue weighted by atomic mass is 10.2. The Hall–Kier alpha value is -1.95. The number of hydrogen-bond acceptors (Lipinski definition) is 4. The molecule has 0 fully saturated rings. The van der Waals surface area contributed by atoms with Crippen molar-refractivity contribution in [1.82, 2.24) is 14.8 Å². The second kappa shape index (κ2) is 5.14. The highest BCUT2D eigenvalue weighted by Crippen LogP contribution is 2.16. The molecule has 0 aliphatic heterocycles. The number of nitrogens with zero attached hydrogens (tertiary/aromatic N) is 3. The number of hydrogen-bond donors (Lipinski definition) is 0. The third kappa shape index (κ3) is 2.65. The second-order valence-corrected chi connectivity index (χ2v) is 3.91. The van der Waals surface area contributed by atoms with Crippen LogP contribution in [0.25, 0.3) is 0 Å². The van der Waals surface area contributed by atoms with Gasteiger partial charge in [0, 0.05) is 0 Å². The standard InChI is InChI=1S/C11H9ClFN3O2/c1-18-11(17)10-14-6-16(15-10)5-7-2-3-9(13)8(12)4-7/h2-4,6H,5H2,1H3. The lowest BCUT2D eigenvalue weighted by molar-refractivity contribution is 0.0586. The Morgan fingerprint density at radius 2 is 2.33 bits per heavy atom. The number of carbonyl (C=O) groups is 1. The molecule has 7 heteroatoms. The molecule has 0 radical (unpaired) electrons. The molecular weight excluding hydrogens is 261 g/mol. The van der Waals surface area contributed by atoms with Crippen molar-refractivity contribution in [3.05, 3.63) is 46.8 Å². The van der Waals surface area contributed by atoms with Gasteiger partial charge >= 0.3 is 5.97 Å². The molecule has 0 atom stereocenters. The highest BCUT2D eigenvalue weighted by Gasteiger charge is 2.11. The van der Waals surface area contributed by atoms with Crippen molar-refractivity contribution in [2.24, 2.45) is 0 Å². The molecule has 1 heterocycles. The van der Waals surface area contributed by atoms with Gasteiger partial charge in [-0.3, -0.25) is 0 Å². The first-order valence-corrected chi connectivity index (χ1v) is 5.39. The summed E-state index contributed by atoms with van der Waals surface area (Å²) in [4.78, 5) is 14.9. The van der Waals surface area contributed by atoms with Crippen LogP contribution < -0.4 is 0 Å². The smallest absolute Gasteiger partial charge is 0.377 e. The first-order chi connectivity index (χ1) is 8.60. The maximum Gasteiger partial charge on any atom is 0.377 e. The van der Waals surface area contributed by atoms with E-state index in [1.807, 2.05) is 0 Å². The van der Waals surface area contributed by atoms with Crippen molar-refractivity contribution in [2.75, 3.05) is 7.11 Å². The molecule has 0 bridgehead atoms. The number of methoxy groups -OCH3 is 1. The largest absolute Gasteiger partial charge is 0.463 e. The van der Waals surface area contributed by atoms with E-state index >= 15 is 0 Å². The van der Waals surface area contributed by atoms with E-state index < -0.39 is 11.8 Å². The van der Waals surface area contributed by atoms with Gasteiger partial charge in [0.25, 0.3) is 5.82 Å². The monoisotopic (exact) mass is 269 g/mol. The molecule has 94 valence electrons. The van der Waals surface area contributed by atoms with Gasteiger partial charge in [0.15, 0.2) is 0 Å². The van der Waals surface area contributed by atoms with E-state index in [0.29, 0.717) is 6.54 Å². The van der Waals surface area contributed by atoms with Crippen LogP contribution in [0.3, 0.4) is 0 Å². The van der Waals surface area contributed by atoms with Crippen LogP contribution in [0.15, 0.2) is 24.5 Å². The molecule has 0 N–H and O–H groups in total. The molecule has 5 nitrogen and oxygen atoms in total. The molecule has 1 aromatic heterocycles. The Kier molecular flexibility index (Phi) is 3.57. The number of rotatable bonds is 3. The highest BCUT2D eigenvalue weighted by atomic mass is 35.5. The SMILES string of the molecule is COC(=O)c1ncn(Cc2ccc(F)c(Cl)c2)n1. The molecule has 18 heavy (non-hydrogen) atoms. The summed E-state index contributed by atoms with van der Waals surface area (Å²) in [6.45, 7) is 0.337. The summed E-state index contributed by atoms with van der Waals surface area (Å²) in [7, 11) is 1.25. The Morgan fingerprint density at radius 3 is 3.00 bits per heavy atom. The van der Waals surface area contributed by atoms with Gasteiger partial charge in [0.1, 0.15) is 12.1 Å². The van der Waals surface area contributed by atoms with Gasteiger partial charge in [-0.05, 0) is 17.7 Å². The van der Waals surface area contributed by atoms with Crippen molar-refractivity contribution in [3.63, 3.8) is 0 Å². The topological polar surface area (TPSA) is 57.0 Å². The van der Waals surface area contributed by atoms with E-state index in [1.165, 1.54) is 30.3 Å². The van der Waals surface area contributed by atoms with E-state index in [9.17, 15) is 9.18 Å². The summed E-state index contributed by atoms with van der Waals surface area (Å²) in [5.74, 6) is -1.11. The maximum atomic E-state index is 13.0. The van der Waals surface area contributed by atoms with Crippen LogP contribution in [0.5, 0.6) is 0 Å². The van der Waals surface area contributed by atoms with Crippen molar-refractivity contribution >= 4 is 17.6 Å². The molecule has 0 amide bonds. The van der Waals surface area contributed by atoms with Crippen LogP contribution in [0.2, 0.25) is 5.02 Å². The lowest BCUT2D eigenvalue weighted by Gasteiger charge is -2.02. The average Bonchev–Trinajstić information content (AvgIpc) is 2.81. The number of ether oxygens (including phenoxy) is 1. The van der Waals surface area contributed by atoms with Gasteiger partial charge in [-0.25, -0.2) is 18.9 Å². The Morgan fingerprint density at radius 1 is 1.56 bits per heavy atom. The Bertz CT molecular complexity index is 585. The third-order valence-electron chi connectivity index (χ3n) is 2.23. The van der Waals surface area contributed by atoms with E-state index in [2.05, 4.69) is 14.8 Å². The van der Waals surface area contributed by atoms with Crippen molar-refractivity contribution < 1.29 is 13.9 Å². The van der Waals surface area contributed by atoms with Crippen molar-refractivity contribution in [2.45, 2.75) is 6.54 Å². The van der Waals surface area contributed by atoms with Crippen LogP contribution in [0.1, 0.15) is 16.2 Å². The minimum atomic E-state index is -0.606. The van der Waals surface area contributed by atoms with Gasteiger partial charge in [-0.15, -0.1) is 5.10 Å². The minimum absolute atomic E-state index is 0.0225. The zero-order valence-electron chi connectivity index (χ0n) is 9.43. The average molecular weight is 270 g/mol. The van der Waals surface area contributed by atoms with Crippen molar-refractivity contribution in [1.29, 1.82) is 0 Å². The fraction of sp³-hybridized carbons (Fsp3) is 0.182. The molecule has 2 aromatic rings. The summed E-state index contributed by atoms with van der Waals surface area (Å²) in [5, 5.41) is 3.96. The minimum Gasteiger partial charge on any atom is -0.463 e. The van der Waals surface area contributed by atoms with E-state index in [4.69, 9.17) is 11.6 Å². The van der Waals surface area contributed by atoms with Gasteiger partial charge < -0.3 is 4.74 Å². The number of halogens is 2. The van der Waals surface area contributed by atoms with Gasteiger partial charge in [-0.2, -0.15) is 0 Å². The van der Waals surface area contributed by atoms with E-state index in [1.54, 1.807) is 6.07 Å². The van der Waals surface area contributed by atoms with Crippen LogP contribution in [0.4, 0.5) is 4.39 Å². The highest BCUT2D eigenvalue weighted by molar-refractivity contribution is 6.30. The summed E-state index contributed by atoms with van der Waals surface area (Å²) >= 11 is 5.66. The quantitative estimate of drug-likeness (QED) is 0.799. The zero-order valence-corrected chi connectivity index (χ0v) is 10.2. The fourth-order valence-electron chi connectivity index (χ4n) is 1.38. The first-order valence-electron chi connectivity index (χ1n) is 5.02. The van der Waals surface area contributed by atoms with E-state index in [-0.39, 0.29) is 10.8 Å². The summed E-state index contributed by atoms with van der Waals surface area (Å²) in [5.41, 5.74) is 0.753. The molecule has 0 saturated heterocycles.